The predicted molar refractivity (Wildman–Crippen MR) is 49.2 cm³/mol. The van der Waals surface area contributed by atoms with Crippen LogP contribution in [0.1, 0.15) is 6.92 Å². The van der Waals surface area contributed by atoms with Crippen LogP contribution in [0.15, 0.2) is 24.5 Å². The minimum Gasteiger partial charge on any atom is -0.381 e. The minimum atomic E-state index is 0.227. The van der Waals surface area contributed by atoms with E-state index >= 15 is 0 Å². The number of hydrogen-bond acceptors (Lipinski definition) is 3. The molecule has 0 radical (unpaired) electrons. The lowest BCUT2D eigenvalue weighted by atomic mass is 10.3. The van der Waals surface area contributed by atoms with Crippen molar-refractivity contribution in [3.05, 3.63) is 24.5 Å². The summed E-state index contributed by atoms with van der Waals surface area (Å²) in [4.78, 5) is 3.99. The third-order valence-corrected chi connectivity index (χ3v) is 1.66. The molecule has 0 aromatic carbocycles. The van der Waals surface area contributed by atoms with Gasteiger partial charge in [-0.15, -0.1) is 0 Å². The summed E-state index contributed by atoms with van der Waals surface area (Å²) in [7, 11) is 1.70. The van der Waals surface area contributed by atoms with E-state index in [2.05, 4.69) is 10.3 Å². The molecule has 1 unspecified atom stereocenters. The molecule has 0 aliphatic carbocycles. The van der Waals surface area contributed by atoms with Crippen LogP contribution in [0.3, 0.4) is 0 Å². The number of pyridine rings is 1. The molecule has 0 amide bonds. The molecule has 0 aliphatic heterocycles. The lowest BCUT2D eigenvalue weighted by Crippen LogP contribution is -2.17. The van der Waals surface area contributed by atoms with Crippen LogP contribution in [0.2, 0.25) is 0 Å². The Kier molecular flexibility index (Phi) is 3.54. The Morgan fingerprint density at radius 1 is 1.67 bits per heavy atom. The van der Waals surface area contributed by atoms with Crippen LogP contribution >= 0.6 is 0 Å². The maximum Gasteiger partial charge on any atom is 0.0715 e. The first-order valence-corrected chi connectivity index (χ1v) is 3.99. The molecule has 1 aromatic heterocycles. The van der Waals surface area contributed by atoms with Gasteiger partial charge in [0, 0.05) is 26.0 Å². The Hall–Kier alpha value is -1.09. The number of anilines is 1. The van der Waals surface area contributed by atoms with Gasteiger partial charge in [-0.1, -0.05) is 0 Å². The fraction of sp³-hybridized carbons (Fsp3) is 0.444. The number of aromatic nitrogens is 1. The van der Waals surface area contributed by atoms with Crippen molar-refractivity contribution in [1.29, 1.82) is 0 Å². The van der Waals surface area contributed by atoms with Crippen molar-refractivity contribution in [1.82, 2.24) is 4.98 Å². The lowest BCUT2D eigenvalue weighted by molar-refractivity contribution is 0.129. The van der Waals surface area contributed by atoms with Gasteiger partial charge >= 0.3 is 0 Å². The van der Waals surface area contributed by atoms with Gasteiger partial charge in [0.1, 0.15) is 0 Å². The van der Waals surface area contributed by atoms with Gasteiger partial charge in [0.2, 0.25) is 0 Å². The summed E-state index contributed by atoms with van der Waals surface area (Å²) < 4.78 is 5.09. The van der Waals surface area contributed by atoms with Gasteiger partial charge in [-0.05, 0) is 19.1 Å². The van der Waals surface area contributed by atoms with E-state index in [1.165, 1.54) is 0 Å². The Balaban J connectivity index is 2.33. The van der Waals surface area contributed by atoms with E-state index in [9.17, 15) is 0 Å². The number of ether oxygens (including phenoxy) is 1. The quantitative estimate of drug-likeness (QED) is 0.736. The molecule has 1 atom stereocenters. The second-order valence-corrected chi connectivity index (χ2v) is 2.67. The predicted octanol–water partition coefficient (Wildman–Crippen LogP) is 1.53. The maximum absolute atomic E-state index is 5.09. The largest absolute Gasteiger partial charge is 0.381 e. The van der Waals surface area contributed by atoms with E-state index in [0.29, 0.717) is 0 Å². The summed E-state index contributed by atoms with van der Waals surface area (Å²) in [6, 6.07) is 3.88. The summed E-state index contributed by atoms with van der Waals surface area (Å²) in [6.07, 6.45) is 3.78. The Bertz CT molecular complexity index is 213. The van der Waals surface area contributed by atoms with Crippen molar-refractivity contribution in [2.45, 2.75) is 13.0 Å². The van der Waals surface area contributed by atoms with E-state index in [1.807, 2.05) is 19.1 Å². The Labute approximate surface area is 72.8 Å². The average Bonchev–Trinajstić information content (AvgIpc) is 2.16. The molecule has 0 saturated heterocycles. The number of nitrogens with one attached hydrogen (secondary N) is 1. The van der Waals surface area contributed by atoms with E-state index in [-0.39, 0.29) is 6.10 Å². The van der Waals surface area contributed by atoms with Crippen LogP contribution in [0.5, 0.6) is 0 Å². The van der Waals surface area contributed by atoms with E-state index in [0.717, 1.165) is 12.2 Å². The van der Waals surface area contributed by atoms with Gasteiger partial charge in [0.05, 0.1) is 11.8 Å². The molecule has 1 heterocycles. The molecule has 0 fully saturated rings. The summed E-state index contributed by atoms with van der Waals surface area (Å²) in [5.41, 5.74) is 1.03. The molecule has 1 rings (SSSR count). The third kappa shape index (κ3) is 2.88. The summed E-state index contributed by atoms with van der Waals surface area (Å²) >= 11 is 0. The van der Waals surface area contributed by atoms with E-state index < -0.39 is 0 Å². The molecule has 66 valence electrons. The van der Waals surface area contributed by atoms with Crippen LogP contribution in [-0.4, -0.2) is 24.7 Å². The van der Waals surface area contributed by atoms with Gasteiger partial charge in [-0.3, -0.25) is 4.98 Å². The van der Waals surface area contributed by atoms with Gasteiger partial charge < -0.3 is 10.1 Å². The number of rotatable bonds is 4. The van der Waals surface area contributed by atoms with Crippen molar-refractivity contribution in [3.63, 3.8) is 0 Å². The molecule has 0 aliphatic rings. The van der Waals surface area contributed by atoms with Gasteiger partial charge in [0.25, 0.3) is 0 Å². The topological polar surface area (TPSA) is 34.1 Å². The van der Waals surface area contributed by atoms with Crippen LogP contribution in [-0.2, 0) is 4.74 Å². The minimum absolute atomic E-state index is 0.227. The highest BCUT2D eigenvalue weighted by molar-refractivity contribution is 5.39. The first-order valence-electron chi connectivity index (χ1n) is 3.99. The standard InChI is InChI=1S/C9H14N2O/c1-8(12-2)6-11-9-4-3-5-10-7-9/h3-5,7-8,11H,6H2,1-2H3. The first kappa shape index (κ1) is 9.00. The monoisotopic (exact) mass is 166 g/mol. The normalized spacial score (nSPS) is 12.5. The molecule has 3 heteroatoms. The van der Waals surface area contributed by atoms with Crippen LogP contribution in [0.4, 0.5) is 5.69 Å². The third-order valence-electron chi connectivity index (χ3n) is 1.66. The van der Waals surface area contributed by atoms with Crippen molar-refractivity contribution in [3.8, 4) is 0 Å². The highest BCUT2D eigenvalue weighted by atomic mass is 16.5. The number of nitrogens with zero attached hydrogens (tertiary/aromatic N) is 1. The smallest absolute Gasteiger partial charge is 0.0715 e. The second kappa shape index (κ2) is 4.72. The van der Waals surface area contributed by atoms with Crippen molar-refractivity contribution < 1.29 is 4.74 Å². The molecule has 1 N–H and O–H groups in total. The van der Waals surface area contributed by atoms with Crippen molar-refractivity contribution in [2.75, 3.05) is 19.0 Å². The highest BCUT2D eigenvalue weighted by Crippen LogP contribution is 2.02. The summed E-state index contributed by atoms with van der Waals surface area (Å²) in [6.45, 7) is 2.82. The second-order valence-electron chi connectivity index (χ2n) is 2.67. The summed E-state index contributed by atoms with van der Waals surface area (Å²) in [5, 5.41) is 3.21. The van der Waals surface area contributed by atoms with Crippen LogP contribution in [0.25, 0.3) is 0 Å². The molecule has 0 saturated carbocycles. The molecule has 0 bridgehead atoms. The maximum atomic E-state index is 5.09. The first-order chi connectivity index (χ1) is 5.83. The molecule has 3 nitrogen and oxygen atoms in total. The molecule has 0 spiro atoms. The van der Waals surface area contributed by atoms with E-state index in [1.54, 1.807) is 19.5 Å². The molecular formula is C9H14N2O. The van der Waals surface area contributed by atoms with Gasteiger partial charge in [0.15, 0.2) is 0 Å². The molecule has 12 heavy (non-hydrogen) atoms. The van der Waals surface area contributed by atoms with Crippen molar-refractivity contribution >= 4 is 5.69 Å². The Morgan fingerprint density at radius 2 is 2.50 bits per heavy atom. The summed E-state index contributed by atoms with van der Waals surface area (Å²) in [5.74, 6) is 0. The Morgan fingerprint density at radius 3 is 3.08 bits per heavy atom. The fourth-order valence-electron chi connectivity index (χ4n) is 0.812. The molecule has 1 aromatic rings. The zero-order chi connectivity index (χ0) is 8.81. The van der Waals surface area contributed by atoms with Crippen LogP contribution in [0, 0.1) is 0 Å². The van der Waals surface area contributed by atoms with E-state index in [4.69, 9.17) is 4.74 Å². The molecular weight excluding hydrogens is 152 g/mol. The van der Waals surface area contributed by atoms with Gasteiger partial charge in [-0.25, -0.2) is 0 Å². The lowest BCUT2D eigenvalue weighted by Gasteiger charge is -2.10. The number of methoxy groups -OCH3 is 1. The zero-order valence-electron chi connectivity index (χ0n) is 7.45. The zero-order valence-corrected chi connectivity index (χ0v) is 7.45. The van der Waals surface area contributed by atoms with Crippen LogP contribution < -0.4 is 5.32 Å². The SMILES string of the molecule is COC(C)CNc1cccnc1. The number of hydrogen-bond donors (Lipinski definition) is 1. The van der Waals surface area contributed by atoms with Gasteiger partial charge in [-0.2, -0.15) is 0 Å². The van der Waals surface area contributed by atoms with Crippen molar-refractivity contribution in [2.24, 2.45) is 0 Å². The average molecular weight is 166 g/mol. The highest BCUT2D eigenvalue weighted by Gasteiger charge is 1.97. The fourth-order valence-corrected chi connectivity index (χ4v) is 0.812.